The number of carbonyl (C=O) groups is 1. The van der Waals surface area contributed by atoms with Gasteiger partial charge < -0.3 is 47.4 Å². The minimum Gasteiger partial charge on any atom is -0.458 e. The second-order valence-corrected chi connectivity index (χ2v) is 8.18. The van der Waals surface area contributed by atoms with E-state index in [1.54, 1.807) is 0 Å². The van der Waals surface area contributed by atoms with Crippen molar-refractivity contribution in [2.24, 2.45) is 0 Å². The molecule has 0 aromatic carbocycles. The Balaban J connectivity index is 3.10. The van der Waals surface area contributed by atoms with Gasteiger partial charge in [0.2, 0.25) is 0 Å². The van der Waals surface area contributed by atoms with Crippen molar-refractivity contribution in [1.82, 2.24) is 0 Å². The van der Waals surface area contributed by atoms with Crippen LogP contribution in [0.25, 0.3) is 0 Å². The third-order valence-electron chi connectivity index (χ3n) is 3.80. The molecule has 0 N–H and O–H groups in total. The first-order valence-electron chi connectivity index (χ1n) is 12.3. The molecule has 0 bridgehead atoms. The SMILES string of the molecule is C#CCOCCOCCOCCOCCOCCOCCOCCOCCOCC(=O)OC(C)(C)C. The minimum atomic E-state index is -0.506. The van der Waals surface area contributed by atoms with E-state index in [2.05, 4.69) is 5.92 Å². The van der Waals surface area contributed by atoms with E-state index in [-0.39, 0.29) is 12.6 Å². The Hall–Kier alpha value is -1.33. The summed E-state index contributed by atoms with van der Waals surface area (Å²) in [6.07, 6.45) is 5.06. The molecular formula is C25H46O11. The van der Waals surface area contributed by atoms with Gasteiger partial charge in [0.15, 0.2) is 0 Å². The average molecular weight is 523 g/mol. The highest BCUT2D eigenvalue weighted by molar-refractivity contribution is 5.71. The fraction of sp³-hybridized carbons (Fsp3) is 0.880. The Morgan fingerprint density at radius 2 is 0.806 bits per heavy atom. The third kappa shape index (κ3) is 30.7. The molecule has 0 radical (unpaired) electrons. The van der Waals surface area contributed by atoms with Gasteiger partial charge in [-0.3, -0.25) is 0 Å². The van der Waals surface area contributed by atoms with Crippen molar-refractivity contribution < 1.29 is 52.2 Å². The van der Waals surface area contributed by atoms with Crippen molar-refractivity contribution in [2.75, 3.05) is 119 Å². The molecule has 0 aromatic heterocycles. The second kappa shape index (κ2) is 26.7. The molecule has 11 heteroatoms. The van der Waals surface area contributed by atoms with Crippen LogP contribution in [0.15, 0.2) is 0 Å². The summed E-state index contributed by atoms with van der Waals surface area (Å²) in [7, 11) is 0. The van der Waals surface area contributed by atoms with Crippen LogP contribution >= 0.6 is 0 Å². The van der Waals surface area contributed by atoms with E-state index in [1.165, 1.54) is 0 Å². The summed E-state index contributed by atoms with van der Waals surface area (Å²) in [5.41, 5.74) is -0.506. The van der Waals surface area contributed by atoms with Crippen LogP contribution in [-0.2, 0) is 52.2 Å². The Morgan fingerprint density at radius 1 is 0.528 bits per heavy atom. The summed E-state index contributed by atoms with van der Waals surface area (Å²) in [6, 6.07) is 0. The number of hydrogen-bond donors (Lipinski definition) is 0. The summed E-state index contributed by atoms with van der Waals surface area (Å²) < 4.78 is 53.2. The maximum absolute atomic E-state index is 11.5. The molecule has 0 saturated carbocycles. The zero-order valence-corrected chi connectivity index (χ0v) is 22.3. The standard InChI is InChI=1S/C25H46O11/c1-5-6-27-7-8-28-9-10-29-11-12-30-13-14-31-15-16-32-17-18-33-19-20-34-21-22-35-23-24(26)36-25(2,3)4/h1H,6-23H2,2-4H3. The lowest BCUT2D eigenvalue weighted by Gasteiger charge is -2.19. The number of hydrogen-bond acceptors (Lipinski definition) is 11. The van der Waals surface area contributed by atoms with Gasteiger partial charge >= 0.3 is 5.97 Å². The monoisotopic (exact) mass is 522 g/mol. The minimum absolute atomic E-state index is 0.0803. The number of esters is 1. The second-order valence-electron chi connectivity index (χ2n) is 8.18. The molecule has 0 rings (SSSR count). The van der Waals surface area contributed by atoms with Crippen molar-refractivity contribution in [3.8, 4) is 12.3 Å². The summed E-state index contributed by atoms with van der Waals surface area (Å²) >= 11 is 0. The lowest BCUT2D eigenvalue weighted by atomic mass is 10.2. The maximum atomic E-state index is 11.5. The summed E-state index contributed by atoms with van der Waals surface area (Å²) in [6.45, 7) is 13.2. The molecule has 0 atom stereocenters. The highest BCUT2D eigenvalue weighted by Crippen LogP contribution is 2.06. The highest BCUT2D eigenvalue weighted by atomic mass is 16.6. The van der Waals surface area contributed by atoms with Crippen molar-refractivity contribution in [2.45, 2.75) is 26.4 Å². The normalized spacial score (nSPS) is 11.5. The van der Waals surface area contributed by atoms with Gasteiger partial charge in [-0.05, 0) is 20.8 Å². The molecule has 0 fully saturated rings. The summed E-state index contributed by atoms with van der Waals surface area (Å²) in [4.78, 5) is 11.5. The van der Waals surface area contributed by atoms with Crippen LogP contribution in [0.5, 0.6) is 0 Å². The maximum Gasteiger partial charge on any atom is 0.332 e. The smallest absolute Gasteiger partial charge is 0.332 e. The summed E-state index contributed by atoms with van der Waals surface area (Å²) in [5.74, 6) is 2.01. The van der Waals surface area contributed by atoms with Gasteiger partial charge in [-0.15, -0.1) is 6.42 Å². The Morgan fingerprint density at radius 3 is 1.08 bits per heavy atom. The van der Waals surface area contributed by atoms with E-state index in [1.807, 2.05) is 20.8 Å². The van der Waals surface area contributed by atoms with Crippen molar-refractivity contribution >= 4 is 5.97 Å². The first-order valence-corrected chi connectivity index (χ1v) is 12.3. The summed E-state index contributed by atoms with van der Waals surface area (Å²) in [5, 5.41) is 0. The van der Waals surface area contributed by atoms with Gasteiger partial charge in [-0.1, -0.05) is 5.92 Å². The number of ether oxygens (including phenoxy) is 10. The molecule has 0 saturated heterocycles. The van der Waals surface area contributed by atoms with Gasteiger partial charge in [0.05, 0.1) is 106 Å². The van der Waals surface area contributed by atoms with Crippen LogP contribution in [0, 0.1) is 12.3 Å². The van der Waals surface area contributed by atoms with Gasteiger partial charge in [-0.25, -0.2) is 4.79 Å². The fourth-order valence-electron chi connectivity index (χ4n) is 2.31. The van der Waals surface area contributed by atoms with Crippen LogP contribution in [0.1, 0.15) is 20.8 Å². The first kappa shape index (κ1) is 34.7. The molecular weight excluding hydrogens is 476 g/mol. The van der Waals surface area contributed by atoms with E-state index < -0.39 is 5.60 Å². The first-order chi connectivity index (χ1) is 17.5. The molecule has 0 spiro atoms. The van der Waals surface area contributed by atoms with Gasteiger partial charge in [-0.2, -0.15) is 0 Å². The topological polar surface area (TPSA) is 109 Å². The van der Waals surface area contributed by atoms with Gasteiger partial charge in [0.1, 0.15) is 18.8 Å². The molecule has 212 valence electrons. The van der Waals surface area contributed by atoms with Crippen LogP contribution in [0.3, 0.4) is 0 Å². The number of rotatable bonds is 27. The van der Waals surface area contributed by atoms with Crippen LogP contribution < -0.4 is 0 Å². The lowest BCUT2D eigenvalue weighted by molar-refractivity contribution is -0.160. The van der Waals surface area contributed by atoms with E-state index in [0.717, 1.165) is 0 Å². The predicted molar refractivity (Wildman–Crippen MR) is 132 cm³/mol. The van der Waals surface area contributed by atoms with Crippen molar-refractivity contribution in [3.05, 3.63) is 0 Å². The molecule has 0 amide bonds. The Labute approximate surface area is 216 Å². The Kier molecular flexibility index (Phi) is 25.7. The number of carbonyl (C=O) groups excluding carboxylic acids is 1. The Bertz CT molecular complexity index is 517. The zero-order valence-electron chi connectivity index (χ0n) is 22.3. The predicted octanol–water partition coefficient (Wildman–Crippen LogP) is 1.11. The molecule has 0 aliphatic carbocycles. The van der Waals surface area contributed by atoms with Crippen molar-refractivity contribution in [3.63, 3.8) is 0 Å². The van der Waals surface area contributed by atoms with Gasteiger partial charge in [0, 0.05) is 0 Å². The van der Waals surface area contributed by atoms with Crippen LogP contribution in [-0.4, -0.2) is 130 Å². The van der Waals surface area contributed by atoms with Crippen LogP contribution in [0.4, 0.5) is 0 Å². The van der Waals surface area contributed by atoms with E-state index in [9.17, 15) is 4.79 Å². The van der Waals surface area contributed by atoms with Gasteiger partial charge in [0.25, 0.3) is 0 Å². The molecule has 0 aliphatic heterocycles. The largest absolute Gasteiger partial charge is 0.458 e. The number of terminal acetylenes is 1. The fourth-order valence-corrected chi connectivity index (χ4v) is 2.31. The third-order valence-corrected chi connectivity index (χ3v) is 3.80. The average Bonchev–Trinajstić information content (AvgIpc) is 2.82. The lowest BCUT2D eigenvalue weighted by Crippen LogP contribution is -2.27. The molecule has 0 aromatic rings. The zero-order chi connectivity index (χ0) is 26.6. The molecule has 0 heterocycles. The van der Waals surface area contributed by atoms with E-state index in [4.69, 9.17) is 53.8 Å². The molecule has 0 aliphatic rings. The quantitative estimate of drug-likeness (QED) is 0.0879. The van der Waals surface area contributed by atoms with Crippen molar-refractivity contribution in [1.29, 1.82) is 0 Å². The van der Waals surface area contributed by atoms with Crippen LogP contribution in [0.2, 0.25) is 0 Å². The van der Waals surface area contributed by atoms with E-state index in [0.29, 0.717) is 112 Å². The van der Waals surface area contributed by atoms with E-state index >= 15 is 0 Å². The molecule has 0 unspecified atom stereocenters. The molecule has 36 heavy (non-hydrogen) atoms. The molecule has 11 nitrogen and oxygen atoms in total. The highest BCUT2D eigenvalue weighted by Gasteiger charge is 2.15.